The van der Waals surface area contributed by atoms with Crippen LogP contribution in [0, 0.1) is 12.7 Å². The second-order valence-corrected chi connectivity index (χ2v) is 8.12. The molecule has 0 amide bonds. The molecular formula is C16H24FNS2. The summed E-state index contributed by atoms with van der Waals surface area (Å²) in [5.74, 6) is 2.33. The maximum atomic E-state index is 13.9. The Labute approximate surface area is 130 Å². The number of nitrogens with one attached hydrogen (secondary N) is 1. The van der Waals surface area contributed by atoms with Crippen LogP contribution in [0.1, 0.15) is 37.4 Å². The SMILES string of the molecule is CCCNC(c1ccc(C)c(F)c1)C1SCCSC1C. The summed E-state index contributed by atoms with van der Waals surface area (Å²) in [6.07, 6.45) is 1.10. The lowest BCUT2D eigenvalue weighted by Crippen LogP contribution is -2.38. The van der Waals surface area contributed by atoms with E-state index in [1.807, 2.05) is 36.5 Å². The molecule has 4 heteroatoms. The zero-order valence-electron chi connectivity index (χ0n) is 12.5. The number of hydrogen-bond donors (Lipinski definition) is 1. The third-order valence-electron chi connectivity index (χ3n) is 3.73. The summed E-state index contributed by atoms with van der Waals surface area (Å²) in [6, 6.07) is 5.95. The molecule has 20 heavy (non-hydrogen) atoms. The molecule has 0 bridgehead atoms. The summed E-state index contributed by atoms with van der Waals surface area (Å²) in [6.45, 7) is 7.27. The molecule has 1 aliphatic rings. The lowest BCUT2D eigenvalue weighted by atomic mass is 9.99. The van der Waals surface area contributed by atoms with Gasteiger partial charge in [0.05, 0.1) is 0 Å². The Hall–Kier alpha value is -0.190. The first-order chi connectivity index (χ1) is 9.63. The van der Waals surface area contributed by atoms with Crippen LogP contribution in [-0.4, -0.2) is 28.6 Å². The van der Waals surface area contributed by atoms with Crippen molar-refractivity contribution in [3.05, 3.63) is 35.1 Å². The van der Waals surface area contributed by atoms with Crippen LogP contribution in [0.15, 0.2) is 18.2 Å². The first-order valence-electron chi connectivity index (χ1n) is 7.36. The van der Waals surface area contributed by atoms with E-state index < -0.39 is 0 Å². The summed E-state index contributed by atoms with van der Waals surface area (Å²) < 4.78 is 13.9. The van der Waals surface area contributed by atoms with Crippen LogP contribution in [0.3, 0.4) is 0 Å². The van der Waals surface area contributed by atoms with Crippen molar-refractivity contribution in [1.82, 2.24) is 5.32 Å². The third-order valence-corrected chi connectivity index (χ3v) is 6.93. The fraction of sp³-hybridized carbons (Fsp3) is 0.625. The second kappa shape index (κ2) is 7.71. The van der Waals surface area contributed by atoms with Gasteiger partial charge in [0.15, 0.2) is 0 Å². The summed E-state index contributed by atoms with van der Waals surface area (Å²) >= 11 is 4.06. The predicted octanol–water partition coefficient (Wildman–Crippen LogP) is 4.41. The quantitative estimate of drug-likeness (QED) is 0.864. The van der Waals surface area contributed by atoms with E-state index in [0.717, 1.165) is 24.1 Å². The van der Waals surface area contributed by atoms with Gasteiger partial charge in [-0.1, -0.05) is 26.0 Å². The maximum Gasteiger partial charge on any atom is 0.126 e. The van der Waals surface area contributed by atoms with Gasteiger partial charge < -0.3 is 5.32 Å². The van der Waals surface area contributed by atoms with Gasteiger partial charge in [-0.3, -0.25) is 0 Å². The van der Waals surface area contributed by atoms with Crippen LogP contribution < -0.4 is 5.32 Å². The van der Waals surface area contributed by atoms with Crippen LogP contribution in [0.4, 0.5) is 4.39 Å². The van der Waals surface area contributed by atoms with E-state index in [1.54, 1.807) is 6.07 Å². The van der Waals surface area contributed by atoms with Gasteiger partial charge in [-0.15, -0.1) is 0 Å². The molecule has 1 N–H and O–H groups in total. The summed E-state index contributed by atoms with van der Waals surface area (Å²) in [4.78, 5) is 0. The van der Waals surface area contributed by atoms with Crippen LogP contribution in [0.5, 0.6) is 0 Å². The topological polar surface area (TPSA) is 12.0 Å². The van der Waals surface area contributed by atoms with Gasteiger partial charge in [0.25, 0.3) is 0 Å². The van der Waals surface area contributed by atoms with E-state index in [0.29, 0.717) is 10.5 Å². The van der Waals surface area contributed by atoms with Crippen molar-refractivity contribution in [2.75, 3.05) is 18.1 Å². The first kappa shape index (κ1) is 16.2. The fourth-order valence-electron chi connectivity index (χ4n) is 2.54. The highest BCUT2D eigenvalue weighted by molar-refractivity contribution is 8.07. The smallest absolute Gasteiger partial charge is 0.126 e. The normalized spacial score (nSPS) is 24.6. The Morgan fingerprint density at radius 2 is 2.10 bits per heavy atom. The van der Waals surface area contributed by atoms with Gasteiger partial charge in [0.2, 0.25) is 0 Å². The average Bonchev–Trinajstić information content (AvgIpc) is 2.44. The molecule has 0 saturated carbocycles. The van der Waals surface area contributed by atoms with Gasteiger partial charge in [-0.05, 0) is 37.1 Å². The highest BCUT2D eigenvalue weighted by atomic mass is 32.2. The molecule has 0 aliphatic carbocycles. The molecule has 0 radical (unpaired) electrons. The van der Waals surface area contributed by atoms with Gasteiger partial charge in [-0.2, -0.15) is 23.5 Å². The highest BCUT2D eigenvalue weighted by Crippen LogP contribution is 2.38. The Kier molecular flexibility index (Phi) is 6.24. The third kappa shape index (κ3) is 3.92. The van der Waals surface area contributed by atoms with E-state index in [9.17, 15) is 4.39 Å². The van der Waals surface area contributed by atoms with Gasteiger partial charge in [-0.25, -0.2) is 4.39 Å². The van der Waals surface area contributed by atoms with Crippen LogP contribution in [0.25, 0.3) is 0 Å². The van der Waals surface area contributed by atoms with Crippen LogP contribution >= 0.6 is 23.5 Å². The molecule has 1 aliphatic heterocycles. The molecule has 1 heterocycles. The molecule has 1 saturated heterocycles. The van der Waals surface area contributed by atoms with Crippen molar-refractivity contribution in [3.8, 4) is 0 Å². The fourth-order valence-corrected chi connectivity index (χ4v) is 5.49. The number of rotatable bonds is 5. The number of thioether (sulfide) groups is 2. The Balaban J connectivity index is 2.23. The van der Waals surface area contributed by atoms with Crippen LogP contribution in [0.2, 0.25) is 0 Å². The molecule has 112 valence electrons. The van der Waals surface area contributed by atoms with E-state index in [4.69, 9.17) is 0 Å². The molecule has 0 spiro atoms. The van der Waals surface area contributed by atoms with E-state index in [2.05, 4.69) is 25.2 Å². The molecule has 1 nitrogen and oxygen atoms in total. The molecule has 3 atom stereocenters. The molecule has 2 rings (SSSR count). The minimum atomic E-state index is -0.0908. The molecule has 3 unspecified atom stereocenters. The maximum absolute atomic E-state index is 13.9. The zero-order valence-corrected chi connectivity index (χ0v) is 14.1. The van der Waals surface area contributed by atoms with Crippen molar-refractivity contribution in [3.63, 3.8) is 0 Å². The standard InChI is InChI=1S/C16H24FNS2/c1-4-7-18-15(16-12(3)19-8-9-20-16)13-6-5-11(2)14(17)10-13/h5-6,10,12,15-16,18H,4,7-9H2,1-3H3. The van der Waals surface area contributed by atoms with Crippen LogP contribution in [-0.2, 0) is 0 Å². The largest absolute Gasteiger partial charge is 0.309 e. The van der Waals surface area contributed by atoms with Crippen molar-refractivity contribution >= 4 is 23.5 Å². The molecule has 1 fully saturated rings. The Morgan fingerprint density at radius 1 is 1.35 bits per heavy atom. The monoisotopic (exact) mass is 313 g/mol. The molecule has 0 aromatic heterocycles. The number of benzene rings is 1. The summed E-state index contributed by atoms with van der Waals surface area (Å²) in [5.41, 5.74) is 1.81. The Morgan fingerprint density at radius 3 is 2.75 bits per heavy atom. The number of halogens is 1. The van der Waals surface area contributed by atoms with E-state index >= 15 is 0 Å². The second-order valence-electron chi connectivity index (χ2n) is 5.35. The van der Waals surface area contributed by atoms with Crippen molar-refractivity contribution < 1.29 is 4.39 Å². The van der Waals surface area contributed by atoms with Crippen molar-refractivity contribution in [2.24, 2.45) is 0 Å². The minimum Gasteiger partial charge on any atom is -0.309 e. The molecule has 1 aromatic rings. The summed E-state index contributed by atoms with van der Waals surface area (Å²) in [7, 11) is 0. The molecule has 1 aromatic carbocycles. The Bertz CT molecular complexity index is 438. The number of hydrogen-bond acceptors (Lipinski definition) is 3. The van der Waals surface area contributed by atoms with Crippen molar-refractivity contribution in [1.29, 1.82) is 0 Å². The molecular weight excluding hydrogens is 289 g/mol. The summed E-state index contributed by atoms with van der Waals surface area (Å²) in [5, 5.41) is 4.75. The number of aryl methyl sites for hydroxylation is 1. The first-order valence-corrected chi connectivity index (χ1v) is 9.46. The lowest BCUT2D eigenvalue weighted by Gasteiger charge is -2.35. The minimum absolute atomic E-state index is 0.0908. The van der Waals surface area contributed by atoms with Crippen molar-refractivity contribution in [2.45, 2.75) is 43.7 Å². The van der Waals surface area contributed by atoms with E-state index in [-0.39, 0.29) is 11.9 Å². The highest BCUT2D eigenvalue weighted by Gasteiger charge is 2.31. The zero-order chi connectivity index (χ0) is 14.5. The van der Waals surface area contributed by atoms with E-state index in [1.165, 1.54) is 11.5 Å². The van der Waals surface area contributed by atoms with Gasteiger partial charge >= 0.3 is 0 Å². The average molecular weight is 314 g/mol. The predicted molar refractivity (Wildman–Crippen MR) is 90.3 cm³/mol. The lowest BCUT2D eigenvalue weighted by molar-refractivity contribution is 0.504. The van der Waals surface area contributed by atoms with Gasteiger partial charge in [0.1, 0.15) is 5.82 Å². The van der Waals surface area contributed by atoms with Gasteiger partial charge in [0, 0.05) is 28.0 Å².